The summed E-state index contributed by atoms with van der Waals surface area (Å²) in [5, 5.41) is 12.8. The molecule has 0 saturated carbocycles. The van der Waals surface area contributed by atoms with Crippen molar-refractivity contribution in [2.75, 3.05) is 13.6 Å². The van der Waals surface area contributed by atoms with Gasteiger partial charge in [-0.3, -0.25) is 0 Å². The minimum atomic E-state index is 0.136. The number of likely N-dealkylation sites (N-methyl/N-ethyl adjacent to an activating group) is 1. The molecule has 0 unspecified atom stereocenters. The molecule has 1 aromatic rings. The molecule has 1 rings (SSSR count). The number of hydrogen-bond acceptors (Lipinski definition) is 2. The number of aromatic hydroxyl groups is 1. The maximum atomic E-state index is 9.49. The fourth-order valence-corrected chi connectivity index (χ4v) is 1.15. The third kappa shape index (κ3) is 2.76. The lowest BCUT2D eigenvalue weighted by molar-refractivity contribution is 0.474. The quantitative estimate of drug-likeness (QED) is 0.779. The zero-order chi connectivity index (χ0) is 9.68. The predicted molar refractivity (Wildman–Crippen MR) is 56.1 cm³/mol. The van der Waals surface area contributed by atoms with Gasteiger partial charge in [-0.25, -0.2) is 0 Å². The summed E-state index contributed by atoms with van der Waals surface area (Å²) >= 11 is 5.73. The summed E-state index contributed by atoms with van der Waals surface area (Å²) < 4.78 is 0. The topological polar surface area (TPSA) is 32.3 Å². The second kappa shape index (κ2) is 4.90. The van der Waals surface area contributed by atoms with Gasteiger partial charge in [-0.05, 0) is 13.1 Å². The van der Waals surface area contributed by atoms with Gasteiger partial charge in [-0.1, -0.05) is 35.9 Å². The summed E-state index contributed by atoms with van der Waals surface area (Å²) in [4.78, 5) is 0. The second-order valence-electron chi connectivity index (χ2n) is 2.64. The third-order valence-corrected chi connectivity index (χ3v) is 1.94. The predicted octanol–water partition coefficient (Wildman–Crippen LogP) is 2.28. The summed E-state index contributed by atoms with van der Waals surface area (Å²) in [6.45, 7) is 0.770. The largest absolute Gasteiger partial charge is 0.506 e. The number of phenolic OH excluding ortho intramolecular Hbond substituents is 1. The first-order valence-corrected chi connectivity index (χ1v) is 4.42. The van der Waals surface area contributed by atoms with Gasteiger partial charge in [-0.2, -0.15) is 0 Å². The van der Waals surface area contributed by atoms with Gasteiger partial charge in [0.2, 0.25) is 0 Å². The third-order valence-electron chi connectivity index (χ3n) is 1.64. The fourth-order valence-electron chi connectivity index (χ4n) is 0.970. The zero-order valence-corrected chi connectivity index (χ0v) is 8.17. The van der Waals surface area contributed by atoms with Crippen molar-refractivity contribution in [1.29, 1.82) is 0 Å². The Bertz CT molecular complexity index is 310. The molecule has 2 N–H and O–H groups in total. The summed E-state index contributed by atoms with van der Waals surface area (Å²) in [6.07, 6.45) is 3.75. The summed E-state index contributed by atoms with van der Waals surface area (Å²) in [7, 11) is 1.86. The van der Waals surface area contributed by atoms with Gasteiger partial charge < -0.3 is 10.4 Å². The maximum absolute atomic E-state index is 9.49. The van der Waals surface area contributed by atoms with Crippen LogP contribution >= 0.6 is 11.6 Å². The first-order valence-electron chi connectivity index (χ1n) is 4.04. The van der Waals surface area contributed by atoms with E-state index in [-0.39, 0.29) is 5.75 Å². The molecule has 0 saturated heterocycles. The van der Waals surface area contributed by atoms with Gasteiger partial charge in [0.25, 0.3) is 0 Å². The highest BCUT2D eigenvalue weighted by Crippen LogP contribution is 2.27. The van der Waals surface area contributed by atoms with Crippen molar-refractivity contribution in [3.05, 3.63) is 34.9 Å². The van der Waals surface area contributed by atoms with Crippen molar-refractivity contribution in [2.24, 2.45) is 0 Å². The molecular weight excluding hydrogens is 186 g/mol. The fraction of sp³-hybridized carbons (Fsp3) is 0.200. The van der Waals surface area contributed by atoms with Crippen LogP contribution in [-0.2, 0) is 0 Å². The van der Waals surface area contributed by atoms with Gasteiger partial charge in [0.05, 0.1) is 5.02 Å². The van der Waals surface area contributed by atoms with Gasteiger partial charge in [0.15, 0.2) is 0 Å². The highest BCUT2D eigenvalue weighted by Gasteiger charge is 2.00. The van der Waals surface area contributed by atoms with Crippen LogP contribution in [0.25, 0.3) is 6.08 Å². The van der Waals surface area contributed by atoms with Crippen LogP contribution in [0.1, 0.15) is 5.56 Å². The van der Waals surface area contributed by atoms with Crippen LogP contribution in [-0.4, -0.2) is 18.7 Å². The Morgan fingerprint density at radius 1 is 1.54 bits per heavy atom. The van der Waals surface area contributed by atoms with Crippen molar-refractivity contribution in [3.63, 3.8) is 0 Å². The standard InChI is InChI=1S/C10H12ClNO/c1-12-7-3-5-8-4-2-6-9(11)10(8)13/h2-6,12-13H,7H2,1H3. The van der Waals surface area contributed by atoms with Crippen LogP contribution in [0.3, 0.4) is 0 Å². The molecule has 1 aromatic carbocycles. The second-order valence-corrected chi connectivity index (χ2v) is 3.04. The van der Waals surface area contributed by atoms with Crippen LogP contribution in [0.2, 0.25) is 5.02 Å². The lowest BCUT2D eigenvalue weighted by Gasteiger charge is -2.00. The molecule has 2 nitrogen and oxygen atoms in total. The van der Waals surface area contributed by atoms with Crippen LogP contribution < -0.4 is 5.32 Å². The Morgan fingerprint density at radius 3 is 3.00 bits per heavy atom. The van der Waals surface area contributed by atoms with Crippen molar-refractivity contribution in [1.82, 2.24) is 5.32 Å². The maximum Gasteiger partial charge on any atom is 0.141 e. The average Bonchev–Trinajstić information content (AvgIpc) is 2.13. The first-order chi connectivity index (χ1) is 6.25. The van der Waals surface area contributed by atoms with E-state index in [1.54, 1.807) is 12.1 Å². The van der Waals surface area contributed by atoms with Gasteiger partial charge in [0.1, 0.15) is 5.75 Å². The molecule has 0 bridgehead atoms. The van der Waals surface area contributed by atoms with Crippen molar-refractivity contribution < 1.29 is 5.11 Å². The van der Waals surface area contributed by atoms with E-state index in [9.17, 15) is 5.11 Å². The zero-order valence-electron chi connectivity index (χ0n) is 7.42. The van der Waals surface area contributed by atoms with E-state index in [2.05, 4.69) is 5.32 Å². The van der Waals surface area contributed by atoms with Crippen molar-refractivity contribution in [2.45, 2.75) is 0 Å². The number of halogens is 1. The van der Waals surface area contributed by atoms with Gasteiger partial charge >= 0.3 is 0 Å². The molecule has 0 heterocycles. The van der Waals surface area contributed by atoms with E-state index in [1.165, 1.54) is 0 Å². The molecule has 0 aliphatic rings. The van der Waals surface area contributed by atoms with Gasteiger partial charge in [0, 0.05) is 12.1 Å². The summed E-state index contributed by atoms with van der Waals surface area (Å²) in [5.74, 6) is 0.136. The molecule has 0 atom stereocenters. The molecule has 0 aliphatic heterocycles. The van der Waals surface area contributed by atoms with Crippen LogP contribution in [0, 0.1) is 0 Å². The van der Waals surface area contributed by atoms with Crippen LogP contribution in [0.15, 0.2) is 24.3 Å². The highest BCUT2D eigenvalue weighted by molar-refractivity contribution is 6.32. The molecule has 0 radical (unpaired) electrons. The highest BCUT2D eigenvalue weighted by atomic mass is 35.5. The number of para-hydroxylation sites is 1. The molecular formula is C10H12ClNO. The van der Waals surface area contributed by atoms with Crippen molar-refractivity contribution >= 4 is 17.7 Å². The normalized spacial score (nSPS) is 10.9. The number of phenols is 1. The molecule has 0 amide bonds. The SMILES string of the molecule is CNCC=Cc1cccc(Cl)c1O. The van der Waals surface area contributed by atoms with E-state index in [4.69, 9.17) is 11.6 Å². The summed E-state index contributed by atoms with van der Waals surface area (Å²) in [5.41, 5.74) is 0.739. The van der Waals surface area contributed by atoms with E-state index in [0.717, 1.165) is 12.1 Å². The monoisotopic (exact) mass is 197 g/mol. The smallest absolute Gasteiger partial charge is 0.141 e. The molecule has 0 aromatic heterocycles. The van der Waals surface area contributed by atoms with Crippen LogP contribution in [0.4, 0.5) is 0 Å². The Hall–Kier alpha value is -0.990. The first kappa shape index (κ1) is 10.1. The van der Waals surface area contributed by atoms with Crippen LogP contribution in [0.5, 0.6) is 5.75 Å². The lowest BCUT2D eigenvalue weighted by Crippen LogP contribution is -2.03. The molecule has 70 valence electrons. The molecule has 0 spiro atoms. The van der Waals surface area contributed by atoms with Crippen molar-refractivity contribution in [3.8, 4) is 5.75 Å². The Kier molecular flexibility index (Phi) is 3.80. The summed E-state index contributed by atoms with van der Waals surface area (Å²) in [6, 6.07) is 5.28. The number of benzene rings is 1. The Labute approximate surface area is 82.8 Å². The Balaban J connectivity index is 2.83. The Morgan fingerprint density at radius 2 is 2.31 bits per heavy atom. The van der Waals surface area contributed by atoms with E-state index >= 15 is 0 Å². The molecule has 0 aliphatic carbocycles. The van der Waals surface area contributed by atoms with Gasteiger partial charge in [-0.15, -0.1) is 0 Å². The molecule has 0 fully saturated rings. The average molecular weight is 198 g/mol. The molecule has 3 heteroatoms. The minimum absolute atomic E-state index is 0.136. The van der Waals surface area contributed by atoms with E-state index < -0.39 is 0 Å². The molecule has 13 heavy (non-hydrogen) atoms. The number of nitrogens with one attached hydrogen (secondary N) is 1. The van der Waals surface area contributed by atoms with E-state index in [1.807, 2.05) is 25.3 Å². The lowest BCUT2D eigenvalue weighted by atomic mass is 10.2. The number of rotatable bonds is 3. The number of hydrogen-bond donors (Lipinski definition) is 2. The minimum Gasteiger partial charge on any atom is -0.506 e. The van der Waals surface area contributed by atoms with E-state index in [0.29, 0.717) is 5.02 Å².